The standard InChI is InChI=1S/C35H45N3O6/c1-7-20-37(26-18-16-25(17-19-26)36(8-2)9-3)32(41)30-35-21-23(5)34(6,44-35)29(33(42)43-10-4)28(35)31(40)38(30)27(22-39)24-14-12-11-13-15-24/h7,11-19,23,27-30,39H,1,8-10,20-22H2,2-6H3/t23?,27-,28+,29+,30?,34-,35?/m1/s1. The summed E-state index contributed by atoms with van der Waals surface area (Å²) in [6.07, 6.45) is 2.07. The van der Waals surface area contributed by atoms with E-state index in [4.69, 9.17) is 9.47 Å². The molecule has 1 spiro atoms. The third-order valence-corrected chi connectivity index (χ3v) is 10.1. The number of rotatable bonds is 12. The molecule has 0 radical (unpaired) electrons. The molecule has 5 rings (SSSR count). The van der Waals surface area contributed by atoms with Crippen LogP contribution in [-0.2, 0) is 23.9 Å². The molecule has 3 saturated heterocycles. The number of likely N-dealkylation sites (tertiary alicyclic amines) is 1. The van der Waals surface area contributed by atoms with Crippen molar-refractivity contribution in [3.05, 3.63) is 72.8 Å². The Balaban J connectivity index is 1.65. The molecule has 3 fully saturated rings. The highest BCUT2D eigenvalue weighted by molar-refractivity contribution is 6.05. The van der Waals surface area contributed by atoms with E-state index in [1.807, 2.05) is 68.4 Å². The molecular weight excluding hydrogens is 558 g/mol. The summed E-state index contributed by atoms with van der Waals surface area (Å²) in [6, 6.07) is 15.1. The minimum atomic E-state index is -1.28. The van der Waals surface area contributed by atoms with Crippen molar-refractivity contribution < 1.29 is 29.0 Å². The second-order valence-corrected chi connectivity index (χ2v) is 12.2. The van der Waals surface area contributed by atoms with Crippen molar-refractivity contribution in [1.82, 2.24) is 4.90 Å². The van der Waals surface area contributed by atoms with Gasteiger partial charge in [0.05, 0.1) is 30.8 Å². The van der Waals surface area contributed by atoms with Gasteiger partial charge in [0.1, 0.15) is 17.6 Å². The molecule has 0 saturated carbocycles. The maximum atomic E-state index is 15.0. The van der Waals surface area contributed by atoms with E-state index in [-0.39, 0.29) is 30.9 Å². The number of ether oxygens (including phenoxy) is 2. The number of aliphatic hydroxyl groups is 1. The summed E-state index contributed by atoms with van der Waals surface area (Å²) in [5.74, 6) is -3.14. The van der Waals surface area contributed by atoms with Crippen LogP contribution in [0.2, 0.25) is 0 Å². The molecule has 3 heterocycles. The summed E-state index contributed by atoms with van der Waals surface area (Å²) in [5.41, 5.74) is 0.141. The van der Waals surface area contributed by atoms with Crippen LogP contribution in [0.25, 0.3) is 0 Å². The molecule has 9 nitrogen and oxygen atoms in total. The van der Waals surface area contributed by atoms with E-state index in [0.717, 1.165) is 18.8 Å². The third kappa shape index (κ3) is 4.81. The minimum absolute atomic E-state index is 0.123. The molecule has 0 aliphatic carbocycles. The minimum Gasteiger partial charge on any atom is -0.466 e. The summed E-state index contributed by atoms with van der Waals surface area (Å²) in [5, 5.41) is 10.8. The molecule has 3 aliphatic rings. The number of carbonyl (C=O) groups excluding carboxylic acids is 3. The highest BCUT2D eigenvalue weighted by Gasteiger charge is 2.81. The SMILES string of the molecule is C=CCN(C(=O)C1N([C@H](CO)c2ccccc2)C(=O)[C@@H]2[C@@H](C(=O)OCC)[C@]3(C)OC12CC3C)c1ccc(N(CC)CC)cc1. The van der Waals surface area contributed by atoms with E-state index in [9.17, 15) is 14.7 Å². The van der Waals surface area contributed by atoms with Gasteiger partial charge in [0.15, 0.2) is 0 Å². The van der Waals surface area contributed by atoms with Crippen molar-refractivity contribution in [1.29, 1.82) is 0 Å². The lowest BCUT2D eigenvalue weighted by Crippen LogP contribution is -2.57. The third-order valence-electron chi connectivity index (χ3n) is 10.1. The molecule has 2 aromatic carbocycles. The highest BCUT2D eigenvalue weighted by Crippen LogP contribution is 2.66. The van der Waals surface area contributed by atoms with Gasteiger partial charge in [-0.1, -0.05) is 43.3 Å². The van der Waals surface area contributed by atoms with Crippen LogP contribution < -0.4 is 9.80 Å². The Labute approximate surface area is 260 Å². The Kier molecular flexibility index (Phi) is 8.92. The predicted molar refractivity (Wildman–Crippen MR) is 169 cm³/mol. The Morgan fingerprint density at radius 3 is 2.32 bits per heavy atom. The Bertz CT molecular complexity index is 1380. The molecule has 9 heteroatoms. The molecule has 2 aromatic rings. The predicted octanol–water partition coefficient (Wildman–Crippen LogP) is 4.36. The number of esters is 1. The zero-order chi connectivity index (χ0) is 31.8. The molecule has 3 unspecified atom stereocenters. The normalized spacial score (nSPS) is 29.3. The number of hydrogen-bond donors (Lipinski definition) is 1. The van der Waals surface area contributed by atoms with E-state index in [1.165, 1.54) is 4.90 Å². The fourth-order valence-electron chi connectivity index (χ4n) is 7.94. The number of nitrogens with zero attached hydrogens (tertiary/aromatic N) is 3. The highest BCUT2D eigenvalue weighted by atomic mass is 16.6. The van der Waals surface area contributed by atoms with E-state index < -0.39 is 47.7 Å². The first-order valence-electron chi connectivity index (χ1n) is 15.7. The van der Waals surface area contributed by atoms with Crippen molar-refractivity contribution in [2.45, 2.75) is 64.3 Å². The number of carbonyl (C=O) groups is 3. The summed E-state index contributed by atoms with van der Waals surface area (Å²) >= 11 is 0. The molecule has 7 atom stereocenters. The van der Waals surface area contributed by atoms with Gasteiger partial charge < -0.3 is 29.3 Å². The van der Waals surface area contributed by atoms with Crippen molar-refractivity contribution in [3.8, 4) is 0 Å². The lowest BCUT2D eigenvalue weighted by molar-refractivity contribution is -0.162. The second-order valence-electron chi connectivity index (χ2n) is 12.2. The van der Waals surface area contributed by atoms with Crippen molar-refractivity contribution in [2.75, 3.05) is 42.6 Å². The molecule has 2 amide bonds. The van der Waals surface area contributed by atoms with Crippen LogP contribution in [0.15, 0.2) is 67.3 Å². The molecule has 236 valence electrons. The zero-order valence-electron chi connectivity index (χ0n) is 26.4. The number of amides is 2. The number of fused-ring (bicyclic) bond motifs is 1. The van der Waals surface area contributed by atoms with Gasteiger partial charge in [-0.2, -0.15) is 0 Å². The van der Waals surface area contributed by atoms with Crippen LogP contribution in [0, 0.1) is 17.8 Å². The summed E-state index contributed by atoms with van der Waals surface area (Å²) in [7, 11) is 0. The smallest absolute Gasteiger partial charge is 0.312 e. The molecular formula is C35H45N3O6. The van der Waals surface area contributed by atoms with E-state index in [0.29, 0.717) is 17.7 Å². The fourth-order valence-corrected chi connectivity index (χ4v) is 7.94. The largest absolute Gasteiger partial charge is 0.466 e. The number of anilines is 2. The average Bonchev–Trinajstić information content (AvgIpc) is 3.54. The topological polar surface area (TPSA) is 99.6 Å². The maximum absolute atomic E-state index is 15.0. The summed E-state index contributed by atoms with van der Waals surface area (Å²) < 4.78 is 12.3. The molecule has 3 aliphatic heterocycles. The Morgan fingerprint density at radius 2 is 1.75 bits per heavy atom. The van der Waals surface area contributed by atoms with Crippen LogP contribution >= 0.6 is 0 Å². The Hall–Kier alpha value is -3.69. The monoisotopic (exact) mass is 603 g/mol. The van der Waals surface area contributed by atoms with Crippen LogP contribution in [0.1, 0.15) is 52.6 Å². The van der Waals surface area contributed by atoms with Crippen LogP contribution in [0.5, 0.6) is 0 Å². The number of hydrogen-bond acceptors (Lipinski definition) is 7. The lowest BCUT2D eigenvalue weighted by Gasteiger charge is -2.39. The van der Waals surface area contributed by atoms with Crippen molar-refractivity contribution >= 4 is 29.2 Å². The molecule has 2 bridgehead atoms. The Morgan fingerprint density at radius 1 is 1.11 bits per heavy atom. The van der Waals surface area contributed by atoms with Crippen LogP contribution in [0.4, 0.5) is 11.4 Å². The molecule has 1 N–H and O–H groups in total. The van der Waals surface area contributed by atoms with Gasteiger partial charge in [0.2, 0.25) is 5.91 Å². The quantitative estimate of drug-likeness (QED) is 0.284. The van der Waals surface area contributed by atoms with Crippen molar-refractivity contribution in [3.63, 3.8) is 0 Å². The van der Waals surface area contributed by atoms with Gasteiger partial charge in [-0.15, -0.1) is 6.58 Å². The maximum Gasteiger partial charge on any atom is 0.312 e. The zero-order valence-corrected chi connectivity index (χ0v) is 26.4. The van der Waals surface area contributed by atoms with Crippen LogP contribution in [0.3, 0.4) is 0 Å². The summed E-state index contributed by atoms with van der Waals surface area (Å²) in [6.45, 7) is 15.4. The molecule has 44 heavy (non-hydrogen) atoms. The first-order chi connectivity index (χ1) is 21.1. The second kappa shape index (κ2) is 12.4. The van der Waals surface area contributed by atoms with E-state index in [1.54, 1.807) is 17.9 Å². The number of benzene rings is 2. The van der Waals surface area contributed by atoms with Crippen molar-refractivity contribution in [2.24, 2.45) is 17.8 Å². The fraction of sp³-hybridized carbons (Fsp3) is 0.514. The van der Waals surface area contributed by atoms with Crippen LogP contribution in [-0.4, -0.2) is 77.9 Å². The van der Waals surface area contributed by atoms with Gasteiger partial charge in [-0.05, 0) is 69.9 Å². The number of aliphatic hydroxyl groups excluding tert-OH is 1. The average molecular weight is 604 g/mol. The summed E-state index contributed by atoms with van der Waals surface area (Å²) in [4.78, 5) is 48.5. The lowest BCUT2D eigenvalue weighted by atomic mass is 9.62. The van der Waals surface area contributed by atoms with Gasteiger partial charge >= 0.3 is 5.97 Å². The first-order valence-corrected chi connectivity index (χ1v) is 15.7. The van der Waals surface area contributed by atoms with Gasteiger partial charge in [-0.25, -0.2) is 0 Å². The molecule has 0 aromatic heterocycles. The van der Waals surface area contributed by atoms with Gasteiger partial charge in [-0.3, -0.25) is 14.4 Å². The van der Waals surface area contributed by atoms with E-state index in [2.05, 4.69) is 25.3 Å². The van der Waals surface area contributed by atoms with E-state index >= 15 is 4.79 Å². The first kappa shape index (κ1) is 31.7. The van der Waals surface area contributed by atoms with Gasteiger partial charge in [0.25, 0.3) is 5.91 Å². The van der Waals surface area contributed by atoms with Gasteiger partial charge in [0, 0.05) is 31.0 Å².